The van der Waals surface area contributed by atoms with Crippen LogP contribution in [0.5, 0.6) is 0 Å². The second-order valence-electron chi connectivity index (χ2n) is 7.18. The molecule has 0 saturated heterocycles. The minimum absolute atomic E-state index is 0.0937. The topological polar surface area (TPSA) is 118 Å². The Kier molecular flexibility index (Phi) is 6.02. The van der Waals surface area contributed by atoms with Crippen molar-refractivity contribution in [2.45, 2.75) is 26.4 Å². The number of nitrogens with one attached hydrogen (secondary N) is 3. The molecule has 0 aliphatic carbocycles. The van der Waals surface area contributed by atoms with Gasteiger partial charge in [0.05, 0.1) is 29.6 Å². The third-order valence-corrected chi connectivity index (χ3v) is 4.77. The van der Waals surface area contributed by atoms with Gasteiger partial charge in [-0.15, -0.1) is 0 Å². The second kappa shape index (κ2) is 9.21. The van der Waals surface area contributed by atoms with Crippen LogP contribution in [0.25, 0.3) is 10.9 Å². The highest BCUT2D eigenvalue weighted by molar-refractivity contribution is 5.79. The summed E-state index contributed by atoms with van der Waals surface area (Å²) in [6, 6.07) is 9.57. The van der Waals surface area contributed by atoms with Crippen molar-refractivity contribution in [3.8, 4) is 0 Å². The second-order valence-corrected chi connectivity index (χ2v) is 7.18. The van der Waals surface area contributed by atoms with Crippen LogP contribution in [-0.4, -0.2) is 37.0 Å². The summed E-state index contributed by atoms with van der Waals surface area (Å²) in [5, 5.41) is 6.90. The summed E-state index contributed by atoms with van der Waals surface area (Å²) >= 11 is 0. The average Bonchev–Trinajstić information content (AvgIpc) is 3.24. The number of pyridine rings is 2. The minimum atomic E-state index is -0.339. The summed E-state index contributed by atoms with van der Waals surface area (Å²) in [5.41, 5.74) is 2.92. The molecule has 0 bridgehead atoms. The molecular weight excluding hydrogens is 394 g/mol. The molecule has 0 fully saturated rings. The predicted molar refractivity (Wildman–Crippen MR) is 118 cm³/mol. The number of amides is 1. The predicted octanol–water partition coefficient (Wildman–Crippen LogP) is 1.79. The maximum Gasteiger partial charge on any atom is 0.293 e. The van der Waals surface area contributed by atoms with Crippen LogP contribution in [0.4, 0.5) is 5.82 Å². The van der Waals surface area contributed by atoms with Crippen LogP contribution in [0.2, 0.25) is 0 Å². The summed E-state index contributed by atoms with van der Waals surface area (Å²) in [4.78, 5) is 41.1. The third kappa shape index (κ3) is 5.13. The average molecular weight is 417 g/mol. The SMILES string of the molecule is Cc1cn(CC(=O)NCc2cc3cc[nH]c3cn2)c(=O)c(NCCc2ccccn2)n1. The highest BCUT2D eigenvalue weighted by Crippen LogP contribution is 2.11. The van der Waals surface area contributed by atoms with E-state index in [0.29, 0.717) is 18.7 Å². The number of hydrogen-bond acceptors (Lipinski definition) is 6. The number of fused-ring (bicyclic) bond motifs is 1. The van der Waals surface area contributed by atoms with Crippen LogP contribution in [0, 0.1) is 6.92 Å². The number of anilines is 1. The lowest BCUT2D eigenvalue weighted by molar-refractivity contribution is -0.121. The molecule has 0 atom stereocenters. The standard InChI is InChI=1S/C22H23N7O2/c1-15-13-29(22(31)21(28-15)25-9-6-17-4-2-3-7-23-17)14-20(30)27-11-18-10-16-5-8-24-19(16)12-26-18/h2-5,7-8,10,12-13,24H,6,9,11,14H2,1H3,(H,25,28)(H,27,30). The molecule has 0 saturated carbocycles. The Labute approximate surface area is 178 Å². The molecule has 0 aliphatic heterocycles. The van der Waals surface area contributed by atoms with Gasteiger partial charge in [-0.3, -0.25) is 19.6 Å². The third-order valence-electron chi connectivity index (χ3n) is 4.77. The van der Waals surface area contributed by atoms with Gasteiger partial charge in [-0.1, -0.05) is 6.07 Å². The quantitative estimate of drug-likeness (QED) is 0.402. The van der Waals surface area contributed by atoms with E-state index in [4.69, 9.17) is 0 Å². The molecule has 31 heavy (non-hydrogen) atoms. The van der Waals surface area contributed by atoms with Crippen molar-refractivity contribution in [1.29, 1.82) is 0 Å². The molecule has 4 heterocycles. The van der Waals surface area contributed by atoms with Gasteiger partial charge in [-0.05, 0) is 31.2 Å². The van der Waals surface area contributed by atoms with Crippen LogP contribution in [0.15, 0.2) is 59.9 Å². The molecule has 9 nitrogen and oxygen atoms in total. The van der Waals surface area contributed by atoms with Gasteiger partial charge < -0.3 is 20.2 Å². The number of aromatic amines is 1. The zero-order valence-electron chi connectivity index (χ0n) is 17.1. The van der Waals surface area contributed by atoms with E-state index in [1.54, 1.807) is 25.5 Å². The maximum atomic E-state index is 12.7. The number of aromatic nitrogens is 5. The minimum Gasteiger partial charge on any atom is -0.365 e. The Balaban J connectivity index is 1.36. The van der Waals surface area contributed by atoms with Crippen molar-refractivity contribution in [3.63, 3.8) is 0 Å². The van der Waals surface area contributed by atoms with Gasteiger partial charge >= 0.3 is 0 Å². The van der Waals surface area contributed by atoms with E-state index in [0.717, 1.165) is 22.3 Å². The molecular formula is C22H23N7O2. The fourth-order valence-electron chi connectivity index (χ4n) is 3.25. The first-order valence-electron chi connectivity index (χ1n) is 9.99. The lowest BCUT2D eigenvalue weighted by atomic mass is 10.2. The van der Waals surface area contributed by atoms with Gasteiger partial charge in [0.25, 0.3) is 5.56 Å². The molecule has 0 aliphatic rings. The van der Waals surface area contributed by atoms with E-state index in [1.807, 2.05) is 36.5 Å². The highest BCUT2D eigenvalue weighted by atomic mass is 16.2. The fraction of sp³-hybridized carbons (Fsp3) is 0.227. The summed E-state index contributed by atoms with van der Waals surface area (Å²) < 4.78 is 1.36. The summed E-state index contributed by atoms with van der Waals surface area (Å²) in [7, 11) is 0. The maximum absolute atomic E-state index is 12.7. The van der Waals surface area contributed by atoms with Crippen LogP contribution >= 0.6 is 0 Å². The number of carbonyl (C=O) groups excluding carboxylic acids is 1. The van der Waals surface area contributed by atoms with E-state index in [2.05, 4.69) is 30.6 Å². The molecule has 0 aromatic carbocycles. The van der Waals surface area contributed by atoms with Crippen LogP contribution in [0.1, 0.15) is 17.1 Å². The van der Waals surface area contributed by atoms with Crippen LogP contribution in [-0.2, 0) is 24.3 Å². The normalized spacial score (nSPS) is 10.9. The van der Waals surface area contributed by atoms with Gasteiger partial charge in [0, 0.05) is 42.6 Å². The van der Waals surface area contributed by atoms with Crippen LogP contribution in [0.3, 0.4) is 0 Å². The molecule has 4 rings (SSSR count). The van der Waals surface area contributed by atoms with Crippen LogP contribution < -0.4 is 16.2 Å². The Bertz CT molecular complexity index is 1250. The molecule has 0 spiro atoms. The first-order chi connectivity index (χ1) is 15.1. The number of hydrogen-bond donors (Lipinski definition) is 3. The lowest BCUT2D eigenvalue weighted by Gasteiger charge is -2.11. The van der Waals surface area contributed by atoms with E-state index < -0.39 is 0 Å². The lowest BCUT2D eigenvalue weighted by Crippen LogP contribution is -2.33. The van der Waals surface area contributed by atoms with Gasteiger partial charge in [0.2, 0.25) is 5.91 Å². The Morgan fingerprint density at radius 2 is 2.10 bits per heavy atom. The van der Waals surface area contributed by atoms with Crippen molar-refractivity contribution in [1.82, 2.24) is 29.8 Å². The molecule has 4 aromatic heterocycles. The van der Waals surface area contributed by atoms with Gasteiger partial charge in [-0.25, -0.2) is 4.98 Å². The zero-order valence-corrected chi connectivity index (χ0v) is 17.1. The highest BCUT2D eigenvalue weighted by Gasteiger charge is 2.11. The van der Waals surface area contributed by atoms with Crippen molar-refractivity contribution in [3.05, 3.63) is 82.6 Å². The van der Waals surface area contributed by atoms with Crippen molar-refractivity contribution in [2.75, 3.05) is 11.9 Å². The van der Waals surface area contributed by atoms with Crippen molar-refractivity contribution < 1.29 is 4.79 Å². The summed E-state index contributed by atoms with van der Waals surface area (Å²) in [5.74, 6) is -0.0496. The first kappa shape index (κ1) is 20.3. The first-order valence-corrected chi connectivity index (χ1v) is 9.99. The number of nitrogens with zero attached hydrogens (tertiary/aromatic N) is 4. The number of carbonyl (C=O) groups is 1. The van der Waals surface area contributed by atoms with Crippen molar-refractivity contribution >= 4 is 22.6 Å². The molecule has 0 radical (unpaired) electrons. The molecule has 4 aromatic rings. The Morgan fingerprint density at radius 3 is 2.94 bits per heavy atom. The number of rotatable bonds is 8. The smallest absolute Gasteiger partial charge is 0.293 e. The monoisotopic (exact) mass is 417 g/mol. The van der Waals surface area contributed by atoms with E-state index in [-0.39, 0.29) is 30.4 Å². The summed E-state index contributed by atoms with van der Waals surface area (Å²) in [6.45, 7) is 2.49. The van der Waals surface area contributed by atoms with Crippen molar-refractivity contribution in [2.24, 2.45) is 0 Å². The van der Waals surface area contributed by atoms with E-state index in [1.165, 1.54) is 4.57 Å². The number of H-pyrrole nitrogens is 1. The van der Waals surface area contributed by atoms with E-state index in [9.17, 15) is 9.59 Å². The largest absolute Gasteiger partial charge is 0.365 e. The van der Waals surface area contributed by atoms with Gasteiger partial charge in [-0.2, -0.15) is 0 Å². The summed E-state index contributed by atoms with van der Waals surface area (Å²) in [6.07, 6.45) is 7.55. The fourth-order valence-corrected chi connectivity index (χ4v) is 3.25. The van der Waals surface area contributed by atoms with Gasteiger partial charge in [0.15, 0.2) is 5.82 Å². The molecule has 3 N–H and O–H groups in total. The molecule has 0 unspecified atom stereocenters. The molecule has 9 heteroatoms. The van der Waals surface area contributed by atoms with Gasteiger partial charge in [0.1, 0.15) is 6.54 Å². The molecule has 1 amide bonds. The van der Waals surface area contributed by atoms with E-state index >= 15 is 0 Å². The Hall–Kier alpha value is -4.01. The Morgan fingerprint density at radius 1 is 1.19 bits per heavy atom. The zero-order chi connectivity index (χ0) is 21.6. The number of aryl methyl sites for hydroxylation is 1. The molecule has 158 valence electrons.